The van der Waals surface area contributed by atoms with Gasteiger partial charge < -0.3 is 5.32 Å². The van der Waals surface area contributed by atoms with Crippen LogP contribution in [0.2, 0.25) is 0 Å². The number of hydrogen-bond donors (Lipinski definition) is 1. The maximum atomic E-state index is 12.2. The highest BCUT2D eigenvalue weighted by atomic mass is 32.2. The highest BCUT2D eigenvalue weighted by Gasteiger charge is 2.21. The molecule has 0 heterocycles. The Hall–Kier alpha value is -1.56. The number of nitrogens with zero attached hydrogens (tertiary/aromatic N) is 1. The topological polar surface area (TPSA) is 66.5 Å². The molecule has 134 valence electrons. The van der Waals surface area contributed by atoms with Crippen LogP contribution in [0, 0.1) is 13.8 Å². The Balaban J connectivity index is 2.03. The van der Waals surface area contributed by atoms with Crippen molar-refractivity contribution < 1.29 is 13.2 Å². The number of aryl methyl sites for hydroxylation is 2. The third kappa shape index (κ3) is 5.23. The van der Waals surface area contributed by atoms with Crippen LogP contribution in [0.5, 0.6) is 0 Å². The SMILES string of the molecule is Cc1ccc(N(CCC(=O)NC2CCCCC2)S(C)(=O)=O)c(C)c1. The predicted molar refractivity (Wildman–Crippen MR) is 97.7 cm³/mol. The van der Waals surface area contributed by atoms with Gasteiger partial charge in [-0.05, 0) is 38.3 Å². The minimum Gasteiger partial charge on any atom is -0.353 e. The lowest BCUT2D eigenvalue weighted by atomic mass is 9.95. The molecule has 5 nitrogen and oxygen atoms in total. The number of carbonyl (C=O) groups is 1. The van der Waals surface area contributed by atoms with Crippen LogP contribution in [0.1, 0.15) is 49.7 Å². The largest absolute Gasteiger partial charge is 0.353 e. The fourth-order valence-electron chi connectivity index (χ4n) is 3.30. The van der Waals surface area contributed by atoms with Crippen molar-refractivity contribution in [1.29, 1.82) is 0 Å². The monoisotopic (exact) mass is 352 g/mol. The normalized spacial score (nSPS) is 16.0. The molecule has 1 N–H and O–H groups in total. The Morgan fingerprint density at radius 1 is 1.21 bits per heavy atom. The standard InChI is InChI=1S/C18H28N2O3S/c1-14-9-10-17(15(2)13-14)20(24(3,22)23)12-11-18(21)19-16-7-5-4-6-8-16/h9-10,13,16H,4-8,11-12H2,1-3H3,(H,19,21). The fourth-order valence-corrected chi connectivity index (χ4v) is 4.29. The van der Waals surface area contributed by atoms with E-state index in [1.54, 1.807) is 0 Å². The number of nitrogens with one attached hydrogen (secondary N) is 1. The average Bonchev–Trinajstić information content (AvgIpc) is 2.49. The molecule has 1 aliphatic rings. The molecule has 0 unspecified atom stereocenters. The third-order valence-electron chi connectivity index (χ3n) is 4.53. The lowest BCUT2D eigenvalue weighted by Gasteiger charge is -2.26. The van der Waals surface area contributed by atoms with Crippen molar-refractivity contribution in [2.45, 2.75) is 58.4 Å². The Morgan fingerprint density at radius 2 is 1.88 bits per heavy atom. The van der Waals surface area contributed by atoms with Crippen molar-refractivity contribution in [3.05, 3.63) is 29.3 Å². The van der Waals surface area contributed by atoms with E-state index in [-0.39, 0.29) is 24.9 Å². The van der Waals surface area contributed by atoms with Gasteiger partial charge in [0.15, 0.2) is 0 Å². The Morgan fingerprint density at radius 3 is 2.46 bits per heavy atom. The molecule has 1 saturated carbocycles. The molecule has 1 amide bonds. The summed E-state index contributed by atoms with van der Waals surface area (Å²) in [5.74, 6) is -0.0692. The van der Waals surface area contributed by atoms with E-state index >= 15 is 0 Å². The molecule has 2 rings (SSSR count). The number of carbonyl (C=O) groups excluding carboxylic acids is 1. The summed E-state index contributed by atoms with van der Waals surface area (Å²) in [6, 6.07) is 5.90. The van der Waals surface area contributed by atoms with Crippen molar-refractivity contribution >= 4 is 21.6 Å². The summed E-state index contributed by atoms with van der Waals surface area (Å²) >= 11 is 0. The molecule has 0 spiro atoms. The highest BCUT2D eigenvalue weighted by molar-refractivity contribution is 7.92. The lowest BCUT2D eigenvalue weighted by Crippen LogP contribution is -2.39. The molecule has 0 aromatic heterocycles. The quantitative estimate of drug-likeness (QED) is 0.856. The zero-order chi connectivity index (χ0) is 17.7. The average molecular weight is 353 g/mol. The van der Waals surface area contributed by atoms with Gasteiger partial charge in [0.2, 0.25) is 15.9 Å². The number of rotatable bonds is 6. The van der Waals surface area contributed by atoms with Crippen molar-refractivity contribution in [3.8, 4) is 0 Å². The van der Waals surface area contributed by atoms with E-state index in [0.717, 1.165) is 36.8 Å². The van der Waals surface area contributed by atoms with Crippen LogP contribution in [-0.4, -0.2) is 33.2 Å². The lowest BCUT2D eigenvalue weighted by molar-refractivity contribution is -0.121. The molecular formula is C18H28N2O3S. The van der Waals surface area contributed by atoms with Gasteiger partial charge in [-0.2, -0.15) is 0 Å². The second kappa shape index (κ2) is 8.01. The van der Waals surface area contributed by atoms with Crippen molar-refractivity contribution in [1.82, 2.24) is 5.32 Å². The summed E-state index contributed by atoms with van der Waals surface area (Å²) in [4.78, 5) is 12.2. The third-order valence-corrected chi connectivity index (χ3v) is 5.71. The number of hydrogen-bond acceptors (Lipinski definition) is 3. The van der Waals surface area contributed by atoms with Crippen LogP contribution in [0.4, 0.5) is 5.69 Å². The number of sulfonamides is 1. The van der Waals surface area contributed by atoms with Gasteiger partial charge in [-0.15, -0.1) is 0 Å². The predicted octanol–water partition coefficient (Wildman–Crippen LogP) is 2.91. The fraction of sp³-hybridized carbons (Fsp3) is 0.611. The van der Waals surface area contributed by atoms with Crippen LogP contribution in [0.15, 0.2) is 18.2 Å². The van der Waals surface area contributed by atoms with E-state index in [1.807, 2.05) is 32.0 Å². The van der Waals surface area contributed by atoms with Gasteiger partial charge in [-0.1, -0.05) is 37.0 Å². The van der Waals surface area contributed by atoms with Gasteiger partial charge in [0.1, 0.15) is 0 Å². The summed E-state index contributed by atoms with van der Waals surface area (Å²) in [7, 11) is -3.43. The second-order valence-electron chi connectivity index (χ2n) is 6.78. The van der Waals surface area contributed by atoms with E-state index in [2.05, 4.69) is 5.32 Å². The van der Waals surface area contributed by atoms with Gasteiger partial charge in [0.05, 0.1) is 11.9 Å². The summed E-state index contributed by atoms with van der Waals surface area (Å²) in [6.45, 7) is 4.03. The van der Waals surface area contributed by atoms with Crippen LogP contribution < -0.4 is 9.62 Å². The molecule has 1 fully saturated rings. The maximum Gasteiger partial charge on any atom is 0.232 e. The first-order valence-corrected chi connectivity index (χ1v) is 10.5. The molecular weight excluding hydrogens is 324 g/mol. The van der Waals surface area contributed by atoms with E-state index in [9.17, 15) is 13.2 Å². The van der Waals surface area contributed by atoms with E-state index < -0.39 is 10.0 Å². The van der Waals surface area contributed by atoms with Gasteiger partial charge in [-0.25, -0.2) is 8.42 Å². The summed E-state index contributed by atoms with van der Waals surface area (Å²) in [5, 5.41) is 3.04. The minimum atomic E-state index is -3.43. The Labute approximate surface area is 145 Å². The minimum absolute atomic E-state index is 0.0692. The van der Waals surface area contributed by atoms with E-state index in [0.29, 0.717) is 5.69 Å². The number of anilines is 1. The van der Waals surface area contributed by atoms with Crippen molar-refractivity contribution in [3.63, 3.8) is 0 Å². The number of amides is 1. The van der Waals surface area contributed by atoms with Crippen LogP contribution in [0.25, 0.3) is 0 Å². The second-order valence-corrected chi connectivity index (χ2v) is 8.68. The summed E-state index contributed by atoms with van der Waals surface area (Å²) in [6.07, 6.45) is 6.96. The van der Waals surface area contributed by atoms with Crippen LogP contribution in [-0.2, 0) is 14.8 Å². The molecule has 0 radical (unpaired) electrons. The zero-order valence-electron chi connectivity index (χ0n) is 14.8. The smallest absolute Gasteiger partial charge is 0.232 e. The molecule has 0 saturated heterocycles. The molecule has 0 aliphatic heterocycles. The molecule has 6 heteroatoms. The zero-order valence-corrected chi connectivity index (χ0v) is 15.7. The van der Waals surface area contributed by atoms with E-state index in [4.69, 9.17) is 0 Å². The summed E-state index contributed by atoms with van der Waals surface area (Å²) in [5.41, 5.74) is 2.63. The van der Waals surface area contributed by atoms with Gasteiger partial charge in [0.25, 0.3) is 0 Å². The number of benzene rings is 1. The molecule has 1 aliphatic carbocycles. The molecule has 1 aromatic rings. The Kier molecular flexibility index (Phi) is 6.27. The van der Waals surface area contributed by atoms with Crippen molar-refractivity contribution in [2.24, 2.45) is 0 Å². The molecule has 0 bridgehead atoms. The Bertz CT molecular complexity index is 680. The molecule has 24 heavy (non-hydrogen) atoms. The van der Waals surface area contributed by atoms with Gasteiger partial charge in [-0.3, -0.25) is 9.10 Å². The summed E-state index contributed by atoms with van der Waals surface area (Å²) < 4.78 is 25.7. The first-order valence-electron chi connectivity index (χ1n) is 8.61. The molecule has 1 aromatic carbocycles. The van der Waals surface area contributed by atoms with Crippen LogP contribution in [0.3, 0.4) is 0 Å². The molecule has 0 atom stereocenters. The van der Waals surface area contributed by atoms with E-state index in [1.165, 1.54) is 17.0 Å². The highest BCUT2D eigenvalue weighted by Crippen LogP contribution is 2.24. The van der Waals surface area contributed by atoms with Crippen molar-refractivity contribution in [2.75, 3.05) is 17.1 Å². The van der Waals surface area contributed by atoms with Crippen LogP contribution >= 0.6 is 0 Å². The van der Waals surface area contributed by atoms with Gasteiger partial charge in [0, 0.05) is 19.0 Å². The van der Waals surface area contributed by atoms with Gasteiger partial charge >= 0.3 is 0 Å². The maximum absolute atomic E-state index is 12.2. The first kappa shape index (κ1) is 18.8. The first-order chi connectivity index (χ1) is 11.3.